The number of ether oxygens (including phenoxy) is 1. The summed E-state index contributed by atoms with van der Waals surface area (Å²) in [5.41, 5.74) is 2.16. The number of carbonyl (C=O) groups is 3. The molecule has 0 bridgehead atoms. The first-order chi connectivity index (χ1) is 12.5. The zero-order valence-electron chi connectivity index (χ0n) is 13.6. The highest BCUT2D eigenvalue weighted by Gasteiger charge is 2.19. The van der Waals surface area contributed by atoms with Gasteiger partial charge in [-0.2, -0.15) is 0 Å². The summed E-state index contributed by atoms with van der Waals surface area (Å²) in [6.07, 6.45) is 0. The van der Waals surface area contributed by atoms with Crippen molar-refractivity contribution in [2.24, 2.45) is 0 Å². The molecule has 2 amide bonds. The van der Waals surface area contributed by atoms with Gasteiger partial charge in [0.2, 0.25) is 5.91 Å². The first kappa shape index (κ1) is 20.3. The van der Waals surface area contributed by atoms with E-state index in [1.165, 1.54) is 23.1 Å². The van der Waals surface area contributed by atoms with Crippen LogP contribution in [0.15, 0.2) is 38.6 Å². The fraction of sp³-hybridized carbons (Fsp3) is 0.267. The Hall–Kier alpha value is -1.98. The van der Waals surface area contributed by atoms with Crippen molar-refractivity contribution in [1.82, 2.24) is 15.5 Å². The number of anilines is 1. The Labute approximate surface area is 166 Å². The van der Waals surface area contributed by atoms with Crippen molar-refractivity contribution in [3.63, 3.8) is 0 Å². The second kappa shape index (κ2) is 10.2. The van der Waals surface area contributed by atoms with E-state index in [9.17, 15) is 14.4 Å². The number of esters is 1. The van der Waals surface area contributed by atoms with Crippen molar-refractivity contribution >= 4 is 62.5 Å². The number of rotatable bonds is 8. The molecule has 0 aliphatic rings. The fourth-order valence-electron chi connectivity index (χ4n) is 1.65. The van der Waals surface area contributed by atoms with Crippen LogP contribution in [-0.4, -0.2) is 46.4 Å². The Kier molecular flexibility index (Phi) is 8.01. The zero-order chi connectivity index (χ0) is 18.9. The number of aromatic nitrogens is 2. The van der Waals surface area contributed by atoms with Crippen molar-refractivity contribution in [1.29, 1.82) is 0 Å². The minimum atomic E-state index is -0.561. The lowest BCUT2D eigenvalue weighted by Crippen LogP contribution is -2.36. The lowest BCUT2D eigenvalue weighted by atomic mass is 10.3. The molecule has 1 atom stereocenters. The summed E-state index contributed by atoms with van der Waals surface area (Å²) in [7, 11) is 0. The van der Waals surface area contributed by atoms with Crippen molar-refractivity contribution < 1.29 is 19.1 Å². The molecule has 0 spiro atoms. The number of amides is 2. The first-order valence-electron chi connectivity index (χ1n) is 7.36. The van der Waals surface area contributed by atoms with Crippen molar-refractivity contribution in [2.45, 2.75) is 16.5 Å². The van der Waals surface area contributed by atoms with Crippen molar-refractivity contribution in [3.8, 4) is 0 Å². The van der Waals surface area contributed by atoms with Gasteiger partial charge in [-0.05, 0) is 35.0 Å². The van der Waals surface area contributed by atoms with Crippen molar-refractivity contribution in [2.75, 3.05) is 18.5 Å². The molecule has 2 N–H and O–H groups in total. The monoisotopic (exact) mass is 458 g/mol. The predicted octanol–water partition coefficient (Wildman–Crippen LogP) is 2.08. The molecule has 2 rings (SSSR count). The van der Waals surface area contributed by atoms with Crippen LogP contribution in [0.2, 0.25) is 0 Å². The normalized spacial score (nSPS) is 11.5. The van der Waals surface area contributed by atoms with E-state index < -0.39 is 29.6 Å². The maximum atomic E-state index is 11.8. The van der Waals surface area contributed by atoms with Crippen LogP contribution in [0, 0.1) is 0 Å². The van der Waals surface area contributed by atoms with E-state index in [1.807, 2.05) is 6.07 Å². The van der Waals surface area contributed by atoms with Gasteiger partial charge in [-0.15, -0.1) is 10.2 Å². The number of nitrogens with one attached hydrogen (secondary N) is 2. The third-order valence-corrected chi connectivity index (χ3v) is 5.47. The van der Waals surface area contributed by atoms with E-state index in [1.54, 1.807) is 30.6 Å². The van der Waals surface area contributed by atoms with Crippen LogP contribution >= 0.6 is 39.0 Å². The summed E-state index contributed by atoms with van der Waals surface area (Å²) in [6.45, 7) is 0.965. The molecule has 138 valence electrons. The van der Waals surface area contributed by atoms with Gasteiger partial charge in [0.1, 0.15) is 10.8 Å². The topological polar surface area (TPSA) is 110 Å². The summed E-state index contributed by atoms with van der Waals surface area (Å²) >= 11 is 5.82. The highest BCUT2D eigenvalue weighted by Crippen LogP contribution is 2.24. The predicted molar refractivity (Wildman–Crippen MR) is 102 cm³/mol. The third kappa shape index (κ3) is 6.73. The van der Waals surface area contributed by atoms with E-state index >= 15 is 0 Å². The van der Waals surface area contributed by atoms with Gasteiger partial charge in [0.05, 0.1) is 12.2 Å². The van der Waals surface area contributed by atoms with Gasteiger partial charge in [0, 0.05) is 4.47 Å². The Bertz CT molecular complexity index is 773. The van der Waals surface area contributed by atoms with Gasteiger partial charge in [0.25, 0.3) is 5.91 Å². The van der Waals surface area contributed by atoms with E-state index in [0.717, 1.165) is 4.47 Å². The van der Waals surface area contributed by atoms with E-state index in [4.69, 9.17) is 4.74 Å². The van der Waals surface area contributed by atoms with Crippen LogP contribution in [0.5, 0.6) is 0 Å². The number of carbonyl (C=O) groups excluding carboxylic acids is 3. The number of nitrogens with zero attached hydrogens (tertiary/aromatic N) is 2. The van der Waals surface area contributed by atoms with Gasteiger partial charge in [-0.1, -0.05) is 35.2 Å². The number of hydrogen-bond donors (Lipinski definition) is 2. The molecular formula is C15H15BrN4O4S2. The van der Waals surface area contributed by atoms with Gasteiger partial charge in [0.15, 0.2) is 10.9 Å². The summed E-state index contributed by atoms with van der Waals surface area (Å²) in [5.74, 6) is -1.50. The van der Waals surface area contributed by atoms with Crippen LogP contribution in [0.4, 0.5) is 5.69 Å². The molecule has 26 heavy (non-hydrogen) atoms. The number of halogens is 1. The molecule has 0 radical (unpaired) electrons. The minimum Gasteiger partial charge on any atom is -0.455 e. The average molecular weight is 459 g/mol. The molecule has 1 aromatic carbocycles. The Balaban J connectivity index is 1.67. The zero-order valence-corrected chi connectivity index (χ0v) is 16.8. The number of hydrogen-bond acceptors (Lipinski definition) is 8. The van der Waals surface area contributed by atoms with E-state index in [-0.39, 0.29) is 6.54 Å². The van der Waals surface area contributed by atoms with Crippen LogP contribution in [0.3, 0.4) is 0 Å². The fourth-order valence-corrected chi connectivity index (χ4v) is 3.66. The maximum absolute atomic E-state index is 11.8. The van der Waals surface area contributed by atoms with Crippen LogP contribution in [0.1, 0.15) is 6.92 Å². The number of benzene rings is 1. The van der Waals surface area contributed by atoms with E-state index in [0.29, 0.717) is 10.0 Å². The van der Waals surface area contributed by atoms with Crippen molar-refractivity contribution in [3.05, 3.63) is 34.2 Å². The standard InChI is InChI=1S/C15H15BrN4O4S2/c1-9(26-15-20-18-8-25-15)14(23)24-7-13(22)17-6-12(21)19-11-5-3-2-4-10(11)16/h2-5,8-9H,6-7H2,1H3,(H,17,22)(H,19,21)/t9-/m0/s1. The van der Waals surface area contributed by atoms with Gasteiger partial charge >= 0.3 is 5.97 Å². The van der Waals surface area contributed by atoms with E-state index in [2.05, 4.69) is 36.8 Å². The lowest BCUT2D eigenvalue weighted by Gasteiger charge is -2.10. The maximum Gasteiger partial charge on any atom is 0.319 e. The highest BCUT2D eigenvalue weighted by atomic mass is 79.9. The molecule has 11 heteroatoms. The SMILES string of the molecule is C[C@H](Sc1nncs1)C(=O)OCC(=O)NCC(=O)Nc1ccccc1Br. The summed E-state index contributed by atoms with van der Waals surface area (Å²) in [4.78, 5) is 35.4. The number of thioether (sulfide) groups is 1. The molecule has 0 aliphatic carbocycles. The molecule has 0 aliphatic heterocycles. The van der Waals surface area contributed by atoms with Crippen LogP contribution in [-0.2, 0) is 19.1 Å². The number of para-hydroxylation sites is 1. The molecular weight excluding hydrogens is 444 g/mol. The van der Waals surface area contributed by atoms with Crippen LogP contribution < -0.4 is 10.6 Å². The highest BCUT2D eigenvalue weighted by molar-refractivity contribution is 9.10. The minimum absolute atomic E-state index is 0.229. The summed E-state index contributed by atoms with van der Waals surface area (Å²) in [5, 5.41) is 12.0. The molecule has 0 saturated carbocycles. The summed E-state index contributed by atoms with van der Waals surface area (Å²) < 4.78 is 6.30. The quantitative estimate of drug-likeness (QED) is 0.460. The molecule has 2 aromatic rings. The van der Waals surface area contributed by atoms with Gasteiger partial charge < -0.3 is 15.4 Å². The van der Waals surface area contributed by atoms with Gasteiger partial charge in [-0.3, -0.25) is 14.4 Å². The molecule has 0 unspecified atom stereocenters. The molecule has 8 nitrogen and oxygen atoms in total. The lowest BCUT2D eigenvalue weighted by molar-refractivity contribution is -0.147. The smallest absolute Gasteiger partial charge is 0.319 e. The van der Waals surface area contributed by atoms with Gasteiger partial charge in [-0.25, -0.2) is 0 Å². The first-order valence-corrected chi connectivity index (χ1v) is 9.91. The largest absolute Gasteiger partial charge is 0.455 e. The Morgan fingerprint density at radius 1 is 1.31 bits per heavy atom. The third-order valence-electron chi connectivity index (χ3n) is 2.89. The van der Waals surface area contributed by atoms with Crippen LogP contribution in [0.25, 0.3) is 0 Å². The summed E-state index contributed by atoms with van der Waals surface area (Å²) in [6, 6.07) is 7.11. The molecule has 0 saturated heterocycles. The second-order valence-electron chi connectivity index (χ2n) is 4.88. The Morgan fingerprint density at radius 2 is 2.08 bits per heavy atom. The average Bonchev–Trinajstić information content (AvgIpc) is 3.12. The Morgan fingerprint density at radius 3 is 2.77 bits per heavy atom. The molecule has 1 aromatic heterocycles. The molecule has 1 heterocycles. The molecule has 0 fully saturated rings. The second-order valence-corrected chi connectivity index (χ2v) is 8.15.